The molecule has 0 spiro atoms. The van der Waals surface area contributed by atoms with Crippen LogP contribution in [-0.4, -0.2) is 17.8 Å². The smallest absolute Gasteiger partial charge is 0.227 e. The molecule has 0 aliphatic carbocycles. The Morgan fingerprint density at radius 1 is 1.20 bits per heavy atom. The molecule has 4 heteroatoms. The van der Waals surface area contributed by atoms with E-state index in [2.05, 4.69) is 29.4 Å². The van der Waals surface area contributed by atoms with Crippen LogP contribution in [0.15, 0.2) is 51.8 Å². The minimum atomic E-state index is 0.647. The van der Waals surface area contributed by atoms with Crippen LogP contribution in [0.4, 0.5) is 0 Å². The third kappa shape index (κ3) is 2.57. The molecule has 2 aromatic carbocycles. The average molecular weight is 284 g/mol. The fourth-order valence-corrected chi connectivity index (χ4v) is 2.62. The van der Waals surface area contributed by atoms with Gasteiger partial charge in [0.25, 0.3) is 0 Å². The summed E-state index contributed by atoms with van der Waals surface area (Å²) in [6.07, 6.45) is 2.92. The van der Waals surface area contributed by atoms with Crippen LogP contribution in [0.5, 0.6) is 0 Å². The van der Waals surface area contributed by atoms with Gasteiger partial charge in [-0.05, 0) is 55.1 Å². The number of hydrogen-bond donors (Lipinski definition) is 1. The molecule has 102 valence electrons. The number of oxazole rings is 1. The first-order chi connectivity index (χ1) is 9.80. The first-order valence-electron chi connectivity index (χ1n) is 6.54. The maximum Gasteiger partial charge on any atom is 0.227 e. The number of fused-ring (bicyclic) bond motifs is 1. The molecule has 0 saturated heterocycles. The van der Waals surface area contributed by atoms with Crippen molar-refractivity contribution in [2.45, 2.75) is 11.3 Å². The quantitative estimate of drug-likeness (QED) is 0.742. The highest BCUT2D eigenvalue weighted by molar-refractivity contribution is 7.98. The zero-order valence-corrected chi connectivity index (χ0v) is 12.1. The van der Waals surface area contributed by atoms with Gasteiger partial charge in [0.1, 0.15) is 5.52 Å². The van der Waals surface area contributed by atoms with Crippen LogP contribution in [0.2, 0.25) is 0 Å². The van der Waals surface area contributed by atoms with Gasteiger partial charge in [-0.2, -0.15) is 0 Å². The van der Waals surface area contributed by atoms with Crippen molar-refractivity contribution in [1.29, 1.82) is 0 Å². The van der Waals surface area contributed by atoms with Gasteiger partial charge in [0.2, 0.25) is 5.89 Å². The van der Waals surface area contributed by atoms with E-state index in [1.807, 2.05) is 24.3 Å². The number of thioether (sulfide) groups is 1. The highest BCUT2D eigenvalue weighted by atomic mass is 32.2. The maximum atomic E-state index is 5.84. The highest BCUT2D eigenvalue weighted by Crippen LogP contribution is 2.27. The van der Waals surface area contributed by atoms with Crippen LogP contribution in [0, 0.1) is 0 Å². The molecule has 3 aromatic rings. The highest BCUT2D eigenvalue weighted by Gasteiger charge is 2.09. The molecule has 2 N–H and O–H groups in total. The van der Waals surface area contributed by atoms with Crippen molar-refractivity contribution >= 4 is 22.9 Å². The molecule has 1 heterocycles. The van der Waals surface area contributed by atoms with E-state index in [0.717, 1.165) is 23.1 Å². The Kier molecular flexibility index (Phi) is 3.76. The monoisotopic (exact) mass is 284 g/mol. The SMILES string of the molecule is CSc1ccc2oc(-c3cccc(CCN)c3)nc2c1. The minimum Gasteiger partial charge on any atom is -0.436 e. The first kappa shape index (κ1) is 13.2. The summed E-state index contributed by atoms with van der Waals surface area (Å²) in [6.45, 7) is 0.647. The predicted molar refractivity (Wildman–Crippen MR) is 84.0 cm³/mol. The Morgan fingerprint density at radius 2 is 2.10 bits per heavy atom. The molecule has 0 atom stereocenters. The predicted octanol–water partition coefficient (Wildman–Crippen LogP) is 3.72. The molecule has 20 heavy (non-hydrogen) atoms. The second-order valence-corrected chi connectivity index (χ2v) is 5.47. The first-order valence-corrected chi connectivity index (χ1v) is 7.76. The summed E-state index contributed by atoms with van der Waals surface area (Å²) in [7, 11) is 0. The van der Waals surface area contributed by atoms with Gasteiger partial charge in [-0.1, -0.05) is 12.1 Å². The van der Waals surface area contributed by atoms with E-state index in [1.165, 1.54) is 10.5 Å². The van der Waals surface area contributed by atoms with Crippen molar-refractivity contribution in [3.63, 3.8) is 0 Å². The largest absolute Gasteiger partial charge is 0.436 e. The lowest BCUT2D eigenvalue weighted by atomic mass is 10.1. The number of aromatic nitrogens is 1. The van der Waals surface area contributed by atoms with Crippen LogP contribution in [0.3, 0.4) is 0 Å². The van der Waals surface area contributed by atoms with Crippen LogP contribution >= 0.6 is 11.8 Å². The standard InChI is InChI=1S/C16H16N2OS/c1-20-13-5-6-15-14(10-13)18-16(19-15)12-4-2-3-11(9-12)7-8-17/h2-6,9-10H,7-8,17H2,1H3. The molecule has 0 amide bonds. The van der Waals surface area contributed by atoms with Gasteiger partial charge in [0.15, 0.2) is 5.58 Å². The number of rotatable bonds is 4. The van der Waals surface area contributed by atoms with E-state index in [-0.39, 0.29) is 0 Å². The lowest BCUT2D eigenvalue weighted by Gasteiger charge is -2.00. The number of nitrogens with two attached hydrogens (primary N) is 1. The zero-order valence-electron chi connectivity index (χ0n) is 11.3. The van der Waals surface area contributed by atoms with Crippen molar-refractivity contribution in [2.75, 3.05) is 12.8 Å². The molecule has 0 radical (unpaired) electrons. The van der Waals surface area contributed by atoms with Crippen LogP contribution < -0.4 is 5.73 Å². The number of hydrogen-bond acceptors (Lipinski definition) is 4. The summed E-state index contributed by atoms with van der Waals surface area (Å²) < 4.78 is 5.84. The third-order valence-corrected chi connectivity index (χ3v) is 3.93. The Morgan fingerprint density at radius 3 is 2.90 bits per heavy atom. The van der Waals surface area contributed by atoms with Crippen LogP contribution in [0.1, 0.15) is 5.56 Å². The Balaban J connectivity index is 2.03. The number of nitrogens with zero attached hydrogens (tertiary/aromatic N) is 1. The van der Waals surface area contributed by atoms with E-state index < -0.39 is 0 Å². The van der Waals surface area contributed by atoms with Gasteiger partial charge in [0, 0.05) is 10.5 Å². The second-order valence-electron chi connectivity index (χ2n) is 4.59. The fourth-order valence-electron chi connectivity index (χ4n) is 2.18. The molecule has 1 aromatic heterocycles. The van der Waals surface area contributed by atoms with Crippen molar-refractivity contribution in [3.8, 4) is 11.5 Å². The third-order valence-electron chi connectivity index (χ3n) is 3.20. The van der Waals surface area contributed by atoms with Crippen molar-refractivity contribution in [1.82, 2.24) is 4.98 Å². The van der Waals surface area contributed by atoms with Crippen LogP contribution in [-0.2, 0) is 6.42 Å². The molecule has 0 fully saturated rings. The summed E-state index contributed by atoms with van der Waals surface area (Å²) in [4.78, 5) is 5.77. The van der Waals surface area contributed by atoms with Gasteiger partial charge in [0.05, 0.1) is 0 Å². The van der Waals surface area contributed by atoms with E-state index >= 15 is 0 Å². The van der Waals surface area contributed by atoms with E-state index in [1.54, 1.807) is 11.8 Å². The van der Waals surface area contributed by atoms with Crippen molar-refractivity contribution < 1.29 is 4.42 Å². The van der Waals surface area contributed by atoms with Gasteiger partial charge in [-0.3, -0.25) is 0 Å². The number of benzene rings is 2. The van der Waals surface area contributed by atoms with Crippen LogP contribution in [0.25, 0.3) is 22.6 Å². The summed E-state index contributed by atoms with van der Waals surface area (Å²) in [5, 5.41) is 0. The molecule has 0 unspecified atom stereocenters. The average Bonchev–Trinajstić information content (AvgIpc) is 2.90. The van der Waals surface area contributed by atoms with Gasteiger partial charge >= 0.3 is 0 Å². The summed E-state index contributed by atoms with van der Waals surface area (Å²) in [5.74, 6) is 0.664. The minimum absolute atomic E-state index is 0.647. The zero-order chi connectivity index (χ0) is 13.9. The molecular weight excluding hydrogens is 268 g/mol. The second kappa shape index (κ2) is 5.69. The molecule has 0 aliphatic heterocycles. The van der Waals surface area contributed by atoms with Gasteiger partial charge < -0.3 is 10.2 Å². The normalized spacial score (nSPS) is 11.1. The molecule has 0 saturated carbocycles. The molecule has 3 nitrogen and oxygen atoms in total. The maximum absolute atomic E-state index is 5.84. The summed E-state index contributed by atoms with van der Waals surface area (Å²) in [5.41, 5.74) is 9.53. The van der Waals surface area contributed by atoms with E-state index in [4.69, 9.17) is 10.2 Å². The van der Waals surface area contributed by atoms with Crippen molar-refractivity contribution in [2.24, 2.45) is 5.73 Å². The topological polar surface area (TPSA) is 52.0 Å². The lowest BCUT2D eigenvalue weighted by Crippen LogP contribution is -2.02. The molecule has 0 bridgehead atoms. The van der Waals surface area contributed by atoms with Crippen molar-refractivity contribution in [3.05, 3.63) is 48.0 Å². The lowest BCUT2D eigenvalue weighted by molar-refractivity contribution is 0.619. The Bertz CT molecular complexity index is 736. The Hall–Kier alpha value is -1.78. The molecule has 3 rings (SSSR count). The fraction of sp³-hybridized carbons (Fsp3) is 0.188. The van der Waals surface area contributed by atoms with Gasteiger partial charge in [-0.15, -0.1) is 11.8 Å². The summed E-state index contributed by atoms with van der Waals surface area (Å²) in [6, 6.07) is 14.3. The molecular formula is C16H16N2OS. The summed E-state index contributed by atoms with van der Waals surface area (Å²) >= 11 is 1.70. The Labute approximate surface area is 122 Å². The van der Waals surface area contributed by atoms with Gasteiger partial charge in [-0.25, -0.2) is 4.98 Å². The van der Waals surface area contributed by atoms with E-state index in [0.29, 0.717) is 12.4 Å². The van der Waals surface area contributed by atoms with E-state index in [9.17, 15) is 0 Å². The molecule has 0 aliphatic rings.